The Kier molecular flexibility index (Phi) is 3.20. The fraction of sp³-hybridized carbons (Fsp3) is 0.214. The molecule has 0 fully saturated rings. The summed E-state index contributed by atoms with van der Waals surface area (Å²) in [5.74, 6) is 0.890. The van der Waals surface area contributed by atoms with E-state index in [0.29, 0.717) is 0 Å². The summed E-state index contributed by atoms with van der Waals surface area (Å²) in [7, 11) is 1.69. The molecule has 2 aromatic rings. The number of methoxy groups -OCH3 is 1. The SMILES string of the molecule is COc1ccc(C)[n+](Cc2ccccc2)c1. The molecule has 2 nitrogen and oxygen atoms in total. The van der Waals surface area contributed by atoms with Crippen molar-refractivity contribution in [3.8, 4) is 5.75 Å². The summed E-state index contributed by atoms with van der Waals surface area (Å²) in [6.45, 7) is 2.98. The third-order valence-electron chi connectivity index (χ3n) is 2.66. The lowest BCUT2D eigenvalue weighted by molar-refractivity contribution is -0.694. The highest BCUT2D eigenvalue weighted by Gasteiger charge is 2.08. The van der Waals surface area contributed by atoms with Gasteiger partial charge in [0.15, 0.2) is 18.0 Å². The lowest BCUT2D eigenvalue weighted by Crippen LogP contribution is -2.37. The molecule has 2 rings (SSSR count). The molecule has 0 radical (unpaired) electrons. The average molecular weight is 214 g/mol. The van der Waals surface area contributed by atoms with Crippen LogP contribution in [0.15, 0.2) is 48.7 Å². The zero-order chi connectivity index (χ0) is 11.4. The second-order valence-corrected chi connectivity index (χ2v) is 3.82. The van der Waals surface area contributed by atoms with Crippen LogP contribution in [0.3, 0.4) is 0 Å². The fourth-order valence-electron chi connectivity index (χ4n) is 1.67. The zero-order valence-corrected chi connectivity index (χ0v) is 9.68. The van der Waals surface area contributed by atoms with Gasteiger partial charge in [0.25, 0.3) is 0 Å². The topological polar surface area (TPSA) is 13.1 Å². The van der Waals surface area contributed by atoms with E-state index in [4.69, 9.17) is 4.74 Å². The predicted molar refractivity (Wildman–Crippen MR) is 63.5 cm³/mol. The van der Waals surface area contributed by atoms with Crippen molar-refractivity contribution in [2.75, 3.05) is 7.11 Å². The van der Waals surface area contributed by atoms with Crippen LogP contribution in [0.2, 0.25) is 0 Å². The first-order valence-electron chi connectivity index (χ1n) is 5.37. The Morgan fingerprint density at radius 1 is 1.06 bits per heavy atom. The highest BCUT2D eigenvalue weighted by atomic mass is 16.5. The van der Waals surface area contributed by atoms with Crippen molar-refractivity contribution in [2.24, 2.45) is 0 Å². The number of pyridine rings is 1. The van der Waals surface area contributed by atoms with Gasteiger partial charge in [0, 0.05) is 18.6 Å². The van der Waals surface area contributed by atoms with Gasteiger partial charge < -0.3 is 4.74 Å². The van der Waals surface area contributed by atoms with Gasteiger partial charge in [0.05, 0.1) is 7.11 Å². The second kappa shape index (κ2) is 4.79. The minimum atomic E-state index is 0.879. The van der Waals surface area contributed by atoms with Gasteiger partial charge in [-0.1, -0.05) is 30.3 Å². The summed E-state index contributed by atoms with van der Waals surface area (Å²) >= 11 is 0. The fourth-order valence-corrected chi connectivity index (χ4v) is 1.67. The third kappa shape index (κ3) is 2.40. The summed E-state index contributed by atoms with van der Waals surface area (Å²) < 4.78 is 7.42. The molecule has 0 saturated heterocycles. The van der Waals surface area contributed by atoms with Gasteiger partial charge in [-0.15, -0.1) is 0 Å². The van der Waals surface area contributed by atoms with E-state index in [1.807, 2.05) is 18.3 Å². The maximum atomic E-state index is 5.23. The van der Waals surface area contributed by atoms with Crippen LogP contribution in [-0.4, -0.2) is 7.11 Å². The van der Waals surface area contributed by atoms with Gasteiger partial charge in [-0.2, -0.15) is 4.57 Å². The Labute approximate surface area is 96.1 Å². The number of aryl methyl sites for hydroxylation is 1. The molecule has 0 aliphatic carbocycles. The standard InChI is InChI=1S/C14H16NO/c1-12-8-9-14(16-2)11-15(12)10-13-6-4-3-5-7-13/h3-9,11H,10H2,1-2H3/q+1. The number of hydrogen-bond acceptors (Lipinski definition) is 1. The van der Waals surface area contributed by atoms with E-state index in [-0.39, 0.29) is 0 Å². The second-order valence-electron chi connectivity index (χ2n) is 3.82. The third-order valence-corrected chi connectivity index (χ3v) is 2.66. The van der Waals surface area contributed by atoms with E-state index in [1.54, 1.807) is 7.11 Å². The molecule has 2 heteroatoms. The molecule has 16 heavy (non-hydrogen) atoms. The van der Waals surface area contributed by atoms with Gasteiger partial charge in [0.1, 0.15) is 0 Å². The van der Waals surface area contributed by atoms with Gasteiger partial charge in [-0.25, -0.2) is 0 Å². The molecule has 0 bridgehead atoms. The van der Waals surface area contributed by atoms with Crippen molar-refractivity contribution >= 4 is 0 Å². The minimum absolute atomic E-state index is 0.879. The Bertz CT molecular complexity index is 465. The largest absolute Gasteiger partial charge is 0.491 e. The summed E-state index contributed by atoms with van der Waals surface area (Å²) in [6.07, 6.45) is 2.03. The van der Waals surface area contributed by atoms with E-state index in [0.717, 1.165) is 12.3 Å². The number of benzene rings is 1. The molecule has 1 heterocycles. The molecule has 0 atom stereocenters. The molecule has 0 unspecified atom stereocenters. The first-order valence-corrected chi connectivity index (χ1v) is 5.37. The lowest BCUT2D eigenvalue weighted by atomic mass is 10.2. The molecule has 0 amide bonds. The number of rotatable bonds is 3. The van der Waals surface area contributed by atoms with Crippen LogP contribution in [-0.2, 0) is 6.54 Å². The van der Waals surface area contributed by atoms with Gasteiger partial charge >= 0.3 is 0 Å². The minimum Gasteiger partial charge on any atom is -0.491 e. The average Bonchev–Trinajstić information content (AvgIpc) is 2.33. The molecule has 0 aliphatic heterocycles. The molecule has 82 valence electrons. The first kappa shape index (κ1) is 10.7. The Morgan fingerprint density at radius 3 is 2.50 bits per heavy atom. The molecule has 0 N–H and O–H groups in total. The van der Waals surface area contributed by atoms with Crippen molar-refractivity contribution in [3.63, 3.8) is 0 Å². The van der Waals surface area contributed by atoms with Gasteiger partial charge in [0.2, 0.25) is 6.20 Å². The van der Waals surface area contributed by atoms with Crippen LogP contribution in [0.5, 0.6) is 5.75 Å². The molecule has 1 aromatic carbocycles. The molecule has 0 spiro atoms. The maximum absolute atomic E-state index is 5.23. The summed E-state index contributed by atoms with van der Waals surface area (Å²) in [5.41, 5.74) is 2.52. The summed E-state index contributed by atoms with van der Waals surface area (Å²) in [5, 5.41) is 0. The smallest absolute Gasteiger partial charge is 0.211 e. The number of aromatic nitrogens is 1. The van der Waals surface area contributed by atoms with Crippen molar-refractivity contribution in [1.82, 2.24) is 0 Å². The quantitative estimate of drug-likeness (QED) is 0.715. The van der Waals surface area contributed by atoms with Crippen LogP contribution in [0, 0.1) is 6.92 Å². The molecule has 0 aliphatic rings. The van der Waals surface area contributed by atoms with Crippen molar-refractivity contribution in [1.29, 1.82) is 0 Å². The highest BCUT2D eigenvalue weighted by Crippen LogP contribution is 2.07. The monoisotopic (exact) mass is 214 g/mol. The van der Waals surface area contributed by atoms with Crippen molar-refractivity contribution in [3.05, 3.63) is 59.9 Å². The van der Waals surface area contributed by atoms with Crippen LogP contribution in [0.1, 0.15) is 11.3 Å². The lowest BCUT2D eigenvalue weighted by Gasteiger charge is -2.03. The molecule has 1 aromatic heterocycles. The van der Waals surface area contributed by atoms with Gasteiger partial charge in [-0.05, 0) is 6.07 Å². The Hall–Kier alpha value is -1.83. The number of nitrogens with zero attached hydrogens (tertiary/aromatic N) is 1. The van der Waals surface area contributed by atoms with Crippen LogP contribution in [0.25, 0.3) is 0 Å². The Morgan fingerprint density at radius 2 is 1.81 bits per heavy atom. The van der Waals surface area contributed by atoms with E-state index in [9.17, 15) is 0 Å². The van der Waals surface area contributed by atoms with E-state index < -0.39 is 0 Å². The highest BCUT2D eigenvalue weighted by molar-refractivity contribution is 5.16. The summed E-state index contributed by atoms with van der Waals surface area (Å²) in [4.78, 5) is 0. The summed E-state index contributed by atoms with van der Waals surface area (Å²) in [6, 6.07) is 14.5. The molecule has 0 saturated carbocycles. The normalized spacial score (nSPS) is 10.1. The first-order chi connectivity index (χ1) is 7.79. The van der Waals surface area contributed by atoms with E-state index in [1.165, 1.54) is 11.3 Å². The number of ether oxygens (including phenoxy) is 1. The molecular formula is C14H16NO+. The van der Waals surface area contributed by atoms with Crippen LogP contribution < -0.4 is 9.30 Å². The van der Waals surface area contributed by atoms with E-state index >= 15 is 0 Å². The Balaban J connectivity index is 2.27. The van der Waals surface area contributed by atoms with Crippen molar-refractivity contribution < 1.29 is 9.30 Å². The molecular weight excluding hydrogens is 198 g/mol. The van der Waals surface area contributed by atoms with Crippen LogP contribution in [0.4, 0.5) is 0 Å². The van der Waals surface area contributed by atoms with Gasteiger partial charge in [-0.3, -0.25) is 0 Å². The zero-order valence-electron chi connectivity index (χ0n) is 9.68. The van der Waals surface area contributed by atoms with E-state index in [2.05, 4.69) is 41.8 Å². The predicted octanol–water partition coefficient (Wildman–Crippen LogP) is 2.34. The maximum Gasteiger partial charge on any atom is 0.211 e. The van der Waals surface area contributed by atoms with Crippen molar-refractivity contribution in [2.45, 2.75) is 13.5 Å². The number of hydrogen-bond donors (Lipinski definition) is 0. The van der Waals surface area contributed by atoms with Crippen LogP contribution >= 0.6 is 0 Å².